The highest BCUT2D eigenvalue weighted by atomic mass is 16.5. The number of amides is 2. The average Bonchev–Trinajstić information content (AvgIpc) is 2.80. The van der Waals surface area contributed by atoms with Crippen LogP contribution in [0.3, 0.4) is 0 Å². The number of rotatable bonds is 10. The highest BCUT2D eigenvalue weighted by molar-refractivity contribution is 5.89. The van der Waals surface area contributed by atoms with E-state index < -0.39 is 17.8 Å². The number of nitrogens with one attached hydrogen (secondary N) is 2. The average molecular weight is 443 g/mol. The lowest BCUT2D eigenvalue weighted by Gasteiger charge is -2.23. The largest absolute Gasteiger partial charge is 0.484 e. The molecule has 8 nitrogen and oxygen atoms in total. The third kappa shape index (κ3) is 7.61. The fourth-order valence-corrected chi connectivity index (χ4v) is 2.62. The van der Waals surface area contributed by atoms with Gasteiger partial charge in [0, 0.05) is 0 Å². The standard InChI is InChI=1S/C24H30N2O6/c1-5-24(3,4)18-9-13-20(14-10-18)32-16-22(28)26-25-21(27)15-31-19-11-7-17(8-12-19)23(29)30-6-2/h7-14H,5-6,15-16H2,1-4H3,(H,25,27)(H,26,28). The van der Waals surface area contributed by atoms with Gasteiger partial charge in [0.05, 0.1) is 12.2 Å². The molecule has 0 aliphatic rings. The van der Waals surface area contributed by atoms with Crippen LogP contribution in [0, 0.1) is 0 Å². The van der Waals surface area contributed by atoms with Crippen LogP contribution in [0.25, 0.3) is 0 Å². The van der Waals surface area contributed by atoms with E-state index in [1.165, 1.54) is 5.56 Å². The Hall–Kier alpha value is -3.55. The van der Waals surface area contributed by atoms with Gasteiger partial charge in [-0.15, -0.1) is 0 Å². The van der Waals surface area contributed by atoms with Gasteiger partial charge in [-0.2, -0.15) is 0 Å². The zero-order chi connectivity index (χ0) is 23.6. The first-order valence-electron chi connectivity index (χ1n) is 10.5. The van der Waals surface area contributed by atoms with Crippen LogP contribution in [0.2, 0.25) is 0 Å². The van der Waals surface area contributed by atoms with Crippen molar-refractivity contribution < 1.29 is 28.6 Å². The van der Waals surface area contributed by atoms with Crippen LogP contribution in [0.1, 0.15) is 50.0 Å². The molecule has 32 heavy (non-hydrogen) atoms. The molecule has 2 N–H and O–H groups in total. The fraction of sp³-hybridized carbons (Fsp3) is 0.375. The van der Waals surface area contributed by atoms with Crippen molar-refractivity contribution in [2.75, 3.05) is 19.8 Å². The lowest BCUT2D eigenvalue weighted by atomic mass is 9.82. The Morgan fingerprint density at radius 3 is 1.69 bits per heavy atom. The molecule has 0 atom stereocenters. The predicted octanol–water partition coefficient (Wildman–Crippen LogP) is 3.16. The number of benzene rings is 2. The Labute approximate surface area is 188 Å². The van der Waals surface area contributed by atoms with Gasteiger partial charge in [0.25, 0.3) is 11.8 Å². The number of hydrogen-bond acceptors (Lipinski definition) is 6. The predicted molar refractivity (Wildman–Crippen MR) is 119 cm³/mol. The summed E-state index contributed by atoms with van der Waals surface area (Å²) in [6, 6.07) is 13.8. The molecule has 2 aromatic carbocycles. The number of esters is 1. The number of hydrazine groups is 1. The lowest BCUT2D eigenvalue weighted by Crippen LogP contribution is -2.45. The van der Waals surface area contributed by atoms with Crippen molar-refractivity contribution in [1.82, 2.24) is 10.9 Å². The maximum atomic E-state index is 11.9. The van der Waals surface area contributed by atoms with Crippen LogP contribution in [-0.4, -0.2) is 37.6 Å². The van der Waals surface area contributed by atoms with Crippen LogP contribution >= 0.6 is 0 Å². The maximum absolute atomic E-state index is 11.9. The molecule has 0 aliphatic carbocycles. The molecule has 0 aliphatic heterocycles. The first-order valence-corrected chi connectivity index (χ1v) is 10.5. The third-order valence-corrected chi connectivity index (χ3v) is 4.97. The quantitative estimate of drug-likeness (QED) is 0.433. The van der Waals surface area contributed by atoms with Crippen LogP contribution < -0.4 is 20.3 Å². The van der Waals surface area contributed by atoms with E-state index in [1.54, 1.807) is 31.2 Å². The molecule has 0 saturated heterocycles. The first kappa shape index (κ1) is 24.7. The van der Waals surface area contributed by atoms with Crippen LogP contribution in [0.15, 0.2) is 48.5 Å². The Morgan fingerprint density at radius 2 is 1.25 bits per heavy atom. The van der Waals surface area contributed by atoms with Gasteiger partial charge in [-0.25, -0.2) is 4.79 Å². The summed E-state index contributed by atoms with van der Waals surface area (Å²) >= 11 is 0. The van der Waals surface area contributed by atoms with Crippen molar-refractivity contribution in [2.24, 2.45) is 0 Å². The summed E-state index contributed by atoms with van der Waals surface area (Å²) in [6.07, 6.45) is 1.01. The SMILES string of the molecule is CCOC(=O)c1ccc(OCC(=O)NNC(=O)COc2ccc(C(C)(C)CC)cc2)cc1. The van der Waals surface area contributed by atoms with E-state index in [2.05, 4.69) is 31.6 Å². The number of hydrogen-bond donors (Lipinski definition) is 2. The Morgan fingerprint density at radius 1 is 0.781 bits per heavy atom. The van der Waals surface area contributed by atoms with E-state index in [4.69, 9.17) is 14.2 Å². The van der Waals surface area contributed by atoms with Crippen molar-refractivity contribution >= 4 is 17.8 Å². The molecule has 172 valence electrons. The number of carbonyl (C=O) groups is 3. The minimum atomic E-state index is -0.543. The van der Waals surface area contributed by atoms with Crippen LogP contribution in [0.5, 0.6) is 11.5 Å². The zero-order valence-electron chi connectivity index (χ0n) is 18.9. The van der Waals surface area contributed by atoms with E-state index in [0.717, 1.165) is 6.42 Å². The van der Waals surface area contributed by atoms with Gasteiger partial charge in [-0.1, -0.05) is 32.9 Å². The Bertz CT molecular complexity index is 907. The molecular weight excluding hydrogens is 412 g/mol. The van der Waals surface area contributed by atoms with Crippen LogP contribution in [0.4, 0.5) is 0 Å². The van der Waals surface area contributed by atoms with Gasteiger partial charge in [0.2, 0.25) is 0 Å². The maximum Gasteiger partial charge on any atom is 0.338 e. The highest BCUT2D eigenvalue weighted by Gasteiger charge is 2.17. The Kier molecular flexibility index (Phi) is 9.07. The minimum absolute atomic E-state index is 0.0746. The second-order valence-corrected chi connectivity index (χ2v) is 7.68. The first-order chi connectivity index (χ1) is 15.2. The molecule has 2 rings (SSSR count). The fourth-order valence-electron chi connectivity index (χ4n) is 2.62. The molecule has 2 amide bonds. The monoisotopic (exact) mass is 442 g/mol. The van der Waals surface area contributed by atoms with Crippen molar-refractivity contribution in [3.63, 3.8) is 0 Å². The van der Waals surface area contributed by atoms with E-state index in [1.807, 2.05) is 24.3 Å². The van der Waals surface area contributed by atoms with Gasteiger partial charge in [0.1, 0.15) is 11.5 Å². The van der Waals surface area contributed by atoms with Gasteiger partial charge in [0.15, 0.2) is 13.2 Å². The summed E-state index contributed by atoms with van der Waals surface area (Å²) in [7, 11) is 0. The van der Waals surface area contributed by atoms with E-state index in [0.29, 0.717) is 17.1 Å². The second kappa shape index (κ2) is 11.7. The Balaban J connectivity index is 1.69. The molecule has 2 aromatic rings. The minimum Gasteiger partial charge on any atom is -0.484 e. The molecule has 0 spiro atoms. The topological polar surface area (TPSA) is 103 Å². The molecule has 0 unspecified atom stereocenters. The van der Waals surface area contributed by atoms with E-state index in [9.17, 15) is 14.4 Å². The lowest BCUT2D eigenvalue weighted by molar-refractivity contribution is -0.131. The molecule has 0 aromatic heterocycles. The molecule has 8 heteroatoms. The summed E-state index contributed by atoms with van der Waals surface area (Å²) in [5.41, 5.74) is 6.18. The van der Waals surface area contributed by atoms with Gasteiger partial charge >= 0.3 is 5.97 Å². The molecule has 0 heterocycles. The van der Waals surface area contributed by atoms with Gasteiger partial charge < -0.3 is 14.2 Å². The highest BCUT2D eigenvalue weighted by Crippen LogP contribution is 2.27. The number of ether oxygens (including phenoxy) is 3. The summed E-state index contributed by atoms with van der Waals surface area (Å²) in [6.45, 7) is 7.93. The molecular formula is C24H30N2O6. The molecule has 0 radical (unpaired) electrons. The second-order valence-electron chi connectivity index (χ2n) is 7.68. The van der Waals surface area contributed by atoms with E-state index >= 15 is 0 Å². The van der Waals surface area contributed by atoms with Gasteiger partial charge in [-0.05, 0) is 60.7 Å². The van der Waals surface area contributed by atoms with Crippen molar-refractivity contribution in [2.45, 2.75) is 39.5 Å². The van der Waals surface area contributed by atoms with Gasteiger partial charge in [-0.3, -0.25) is 20.4 Å². The zero-order valence-corrected chi connectivity index (χ0v) is 18.9. The third-order valence-electron chi connectivity index (χ3n) is 4.97. The smallest absolute Gasteiger partial charge is 0.338 e. The summed E-state index contributed by atoms with van der Waals surface area (Å²) in [4.78, 5) is 35.3. The summed E-state index contributed by atoms with van der Waals surface area (Å²) in [5, 5.41) is 0. The van der Waals surface area contributed by atoms with Crippen molar-refractivity contribution in [1.29, 1.82) is 0 Å². The summed E-state index contributed by atoms with van der Waals surface area (Å²) in [5.74, 6) is -0.508. The number of carbonyl (C=O) groups excluding carboxylic acids is 3. The van der Waals surface area contributed by atoms with E-state index in [-0.39, 0.29) is 25.2 Å². The normalized spacial score (nSPS) is 10.8. The molecule has 0 fully saturated rings. The van der Waals surface area contributed by atoms with Crippen molar-refractivity contribution in [3.8, 4) is 11.5 Å². The molecule has 0 bridgehead atoms. The van der Waals surface area contributed by atoms with Crippen molar-refractivity contribution in [3.05, 3.63) is 59.7 Å². The van der Waals surface area contributed by atoms with Crippen LogP contribution in [-0.2, 0) is 19.7 Å². The molecule has 0 saturated carbocycles. The summed E-state index contributed by atoms with van der Waals surface area (Å²) < 4.78 is 15.7.